The summed E-state index contributed by atoms with van der Waals surface area (Å²) in [6.45, 7) is 5.09. The molecular weight excluding hydrogens is 246 g/mol. The Labute approximate surface area is 112 Å². The highest BCUT2D eigenvalue weighted by atomic mass is 16.7. The van der Waals surface area contributed by atoms with E-state index in [0.717, 1.165) is 12.2 Å². The van der Waals surface area contributed by atoms with E-state index in [1.54, 1.807) is 6.07 Å². The highest BCUT2D eigenvalue weighted by molar-refractivity contribution is 5.78. The summed E-state index contributed by atoms with van der Waals surface area (Å²) >= 11 is 0. The first-order valence-corrected chi connectivity index (χ1v) is 6.51. The molecule has 0 spiro atoms. The second-order valence-electron chi connectivity index (χ2n) is 4.46. The van der Waals surface area contributed by atoms with Gasteiger partial charge in [0.1, 0.15) is 12.4 Å². The van der Waals surface area contributed by atoms with Crippen LogP contribution in [0.5, 0.6) is 17.2 Å². The molecule has 5 heteroatoms. The first-order valence-electron chi connectivity index (χ1n) is 6.51. The largest absolute Gasteiger partial charge is 0.492 e. The minimum absolute atomic E-state index is 0.0468. The molecule has 1 heterocycles. The van der Waals surface area contributed by atoms with Gasteiger partial charge in [-0.2, -0.15) is 0 Å². The Morgan fingerprint density at radius 2 is 2.21 bits per heavy atom. The van der Waals surface area contributed by atoms with Crippen molar-refractivity contribution < 1.29 is 19.0 Å². The summed E-state index contributed by atoms with van der Waals surface area (Å²) in [5.41, 5.74) is 0. The molecule has 1 aromatic rings. The van der Waals surface area contributed by atoms with Gasteiger partial charge in [-0.15, -0.1) is 0 Å². The maximum Gasteiger partial charge on any atom is 0.231 e. The van der Waals surface area contributed by atoms with E-state index in [1.165, 1.54) is 0 Å². The number of fused-ring (bicyclic) bond motifs is 1. The van der Waals surface area contributed by atoms with Crippen molar-refractivity contribution in [2.45, 2.75) is 20.3 Å². The van der Waals surface area contributed by atoms with Gasteiger partial charge < -0.3 is 19.5 Å². The van der Waals surface area contributed by atoms with Crippen molar-refractivity contribution in [2.75, 3.05) is 19.9 Å². The third-order valence-corrected chi connectivity index (χ3v) is 3.07. The Morgan fingerprint density at radius 3 is 3.00 bits per heavy atom. The van der Waals surface area contributed by atoms with Gasteiger partial charge in [0, 0.05) is 12.0 Å². The van der Waals surface area contributed by atoms with E-state index < -0.39 is 0 Å². The van der Waals surface area contributed by atoms with Gasteiger partial charge in [0.2, 0.25) is 12.7 Å². The molecule has 5 nitrogen and oxygen atoms in total. The number of hydrogen-bond acceptors (Lipinski definition) is 4. The van der Waals surface area contributed by atoms with Crippen LogP contribution in [0.4, 0.5) is 0 Å². The molecule has 104 valence electrons. The molecule has 2 rings (SSSR count). The zero-order valence-electron chi connectivity index (χ0n) is 11.3. The van der Waals surface area contributed by atoms with Crippen molar-refractivity contribution in [1.29, 1.82) is 0 Å². The van der Waals surface area contributed by atoms with Crippen LogP contribution in [0.1, 0.15) is 20.3 Å². The van der Waals surface area contributed by atoms with Gasteiger partial charge in [-0.1, -0.05) is 13.8 Å². The molecule has 1 atom stereocenters. The summed E-state index contributed by atoms with van der Waals surface area (Å²) in [6, 6.07) is 5.43. The number of ether oxygens (including phenoxy) is 3. The molecule has 0 aromatic heterocycles. The third-order valence-electron chi connectivity index (χ3n) is 3.07. The lowest BCUT2D eigenvalue weighted by Gasteiger charge is -2.11. The van der Waals surface area contributed by atoms with Gasteiger partial charge in [-0.25, -0.2) is 0 Å². The lowest BCUT2D eigenvalue weighted by Crippen LogP contribution is -2.32. The van der Waals surface area contributed by atoms with Crippen LogP contribution in [-0.4, -0.2) is 25.9 Å². The smallest absolute Gasteiger partial charge is 0.231 e. The van der Waals surface area contributed by atoms with Gasteiger partial charge >= 0.3 is 0 Å². The zero-order valence-corrected chi connectivity index (χ0v) is 11.3. The molecule has 0 bridgehead atoms. The maximum absolute atomic E-state index is 11.5. The molecule has 19 heavy (non-hydrogen) atoms. The lowest BCUT2D eigenvalue weighted by molar-refractivity contribution is -0.124. The lowest BCUT2D eigenvalue weighted by atomic mass is 10.1. The quantitative estimate of drug-likeness (QED) is 0.799. The predicted octanol–water partition coefficient (Wildman–Crippen LogP) is 1.96. The number of hydrogen-bond donors (Lipinski definition) is 1. The van der Waals surface area contributed by atoms with Gasteiger partial charge in [0.25, 0.3) is 0 Å². The van der Waals surface area contributed by atoms with Crippen LogP contribution in [0.3, 0.4) is 0 Å². The van der Waals surface area contributed by atoms with E-state index in [2.05, 4.69) is 5.32 Å². The fraction of sp³-hybridized carbons (Fsp3) is 0.500. The molecule has 0 saturated carbocycles. The predicted molar refractivity (Wildman–Crippen MR) is 70.5 cm³/mol. The van der Waals surface area contributed by atoms with Crippen molar-refractivity contribution in [3.8, 4) is 17.2 Å². The highest BCUT2D eigenvalue weighted by Gasteiger charge is 2.13. The monoisotopic (exact) mass is 265 g/mol. The van der Waals surface area contributed by atoms with Crippen molar-refractivity contribution >= 4 is 5.91 Å². The molecular formula is C14H19NO4. The standard InChI is InChI=1S/C14H19NO4/c1-3-10(2)14(16)15-6-7-17-11-4-5-12-13(8-11)19-9-18-12/h4-5,8,10H,3,6-7,9H2,1-2H3,(H,15,16)/t10-/m1/s1. The second kappa shape index (κ2) is 6.31. The van der Waals surface area contributed by atoms with E-state index >= 15 is 0 Å². The second-order valence-corrected chi connectivity index (χ2v) is 4.46. The summed E-state index contributed by atoms with van der Waals surface area (Å²) in [5, 5.41) is 2.84. The highest BCUT2D eigenvalue weighted by Crippen LogP contribution is 2.34. The molecule has 1 aromatic carbocycles. The number of nitrogens with one attached hydrogen (secondary N) is 1. The van der Waals surface area contributed by atoms with Crippen molar-refractivity contribution in [3.05, 3.63) is 18.2 Å². The SMILES string of the molecule is CC[C@@H](C)C(=O)NCCOc1ccc2c(c1)OCO2. The number of carbonyl (C=O) groups is 1. The molecule has 1 N–H and O–H groups in total. The molecule has 0 radical (unpaired) electrons. The number of amides is 1. The molecule has 0 saturated heterocycles. The Morgan fingerprint density at radius 1 is 1.42 bits per heavy atom. The van der Waals surface area contributed by atoms with Gasteiger partial charge in [0.05, 0.1) is 6.54 Å². The Kier molecular flexibility index (Phi) is 4.49. The van der Waals surface area contributed by atoms with E-state index in [4.69, 9.17) is 14.2 Å². The Balaban J connectivity index is 1.73. The summed E-state index contributed by atoms with van der Waals surface area (Å²) < 4.78 is 16.0. The minimum Gasteiger partial charge on any atom is -0.492 e. The molecule has 1 aliphatic rings. The molecule has 0 aliphatic carbocycles. The Hall–Kier alpha value is -1.91. The van der Waals surface area contributed by atoms with Crippen LogP contribution < -0.4 is 19.5 Å². The molecule has 1 amide bonds. The summed E-state index contributed by atoms with van der Waals surface area (Å²) in [4.78, 5) is 11.5. The van der Waals surface area contributed by atoms with E-state index in [-0.39, 0.29) is 18.6 Å². The third kappa shape index (κ3) is 3.53. The average molecular weight is 265 g/mol. The van der Waals surface area contributed by atoms with Crippen LogP contribution in [0.15, 0.2) is 18.2 Å². The van der Waals surface area contributed by atoms with Crippen LogP contribution in [0.2, 0.25) is 0 Å². The Bertz CT molecular complexity index is 447. The van der Waals surface area contributed by atoms with Crippen LogP contribution in [-0.2, 0) is 4.79 Å². The normalized spacial score (nSPS) is 14.0. The average Bonchev–Trinajstić information content (AvgIpc) is 2.89. The van der Waals surface area contributed by atoms with E-state index in [1.807, 2.05) is 26.0 Å². The van der Waals surface area contributed by atoms with E-state index in [9.17, 15) is 4.79 Å². The first kappa shape index (κ1) is 13.5. The number of carbonyl (C=O) groups excluding carboxylic acids is 1. The van der Waals surface area contributed by atoms with Gasteiger partial charge in [-0.3, -0.25) is 4.79 Å². The topological polar surface area (TPSA) is 56.8 Å². The minimum atomic E-state index is 0.0468. The summed E-state index contributed by atoms with van der Waals surface area (Å²) in [5.74, 6) is 2.25. The summed E-state index contributed by atoms with van der Waals surface area (Å²) in [6.07, 6.45) is 0.842. The maximum atomic E-state index is 11.5. The molecule has 1 aliphatic heterocycles. The first-order chi connectivity index (χ1) is 9.20. The van der Waals surface area contributed by atoms with Crippen molar-refractivity contribution in [3.63, 3.8) is 0 Å². The van der Waals surface area contributed by atoms with Gasteiger partial charge in [0.15, 0.2) is 11.5 Å². The molecule has 0 fully saturated rings. The van der Waals surface area contributed by atoms with Gasteiger partial charge in [-0.05, 0) is 18.6 Å². The fourth-order valence-corrected chi connectivity index (χ4v) is 1.67. The molecule has 0 unspecified atom stereocenters. The number of rotatable bonds is 6. The fourth-order valence-electron chi connectivity index (χ4n) is 1.67. The summed E-state index contributed by atoms with van der Waals surface area (Å²) in [7, 11) is 0. The van der Waals surface area contributed by atoms with Crippen molar-refractivity contribution in [1.82, 2.24) is 5.32 Å². The van der Waals surface area contributed by atoms with E-state index in [0.29, 0.717) is 24.7 Å². The van der Waals surface area contributed by atoms with Crippen LogP contribution in [0.25, 0.3) is 0 Å². The number of benzene rings is 1. The zero-order chi connectivity index (χ0) is 13.7. The van der Waals surface area contributed by atoms with Crippen molar-refractivity contribution in [2.24, 2.45) is 5.92 Å². The van der Waals surface area contributed by atoms with Crippen LogP contribution >= 0.6 is 0 Å². The van der Waals surface area contributed by atoms with Crippen LogP contribution in [0, 0.1) is 5.92 Å².